The van der Waals surface area contributed by atoms with Crippen LogP contribution in [-0.4, -0.2) is 41.5 Å². The lowest BCUT2D eigenvalue weighted by Gasteiger charge is -2.18. The molecule has 19 heavy (non-hydrogen) atoms. The first-order valence-corrected chi connectivity index (χ1v) is 6.22. The molecule has 5 nitrogen and oxygen atoms in total. The molecule has 0 aliphatic heterocycles. The van der Waals surface area contributed by atoms with Crippen molar-refractivity contribution in [3.63, 3.8) is 0 Å². The van der Waals surface area contributed by atoms with Crippen molar-refractivity contribution < 1.29 is 14.7 Å². The number of likely N-dealkylation sites (N-methyl/N-ethyl adjacent to an activating group) is 1. The van der Waals surface area contributed by atoms with Crippen molar-refractivity contribution in [1.82, 2.24) is 10.2 Å². The number of carbonyl (C=O) groups is 2. The molecule has 0 saturated carbocycles. The first kappa shape index (κ1) is 15.3. The van der Waals surface area contributed by atoms with E-state index in [0.717, 1.165) is 0 Å². The maximum Gasteiger partial charge on any atom is 0.257 e. The molecule has 0 spiro atoms. The number of hydrogen-bond acceptors (Lipinski definition) is 3. The number of phenolic OH excluding ortho intramolecular Hbond substituents is 1. The molecule has 2 N–H and O–H groups in total. The molecule has 0 bridgehead atoms. The van der Waals surface area contributed by atoms with E-state index in [0.29, 0.717) is 5.02 Å². The zero-order valence-corrected chi connectivity index (χ0v) is 11.9. The third kappa shape index (κ3) is 4.44. The van der Waals surface area contributed by atoms with Crippen molar-refractivity contribution in [3.05, 3.63) is 28.8 Å². The molecule has 0 unspecified atom stereocenters. The van der Waals surface area contributed by atoms with E-state index in [9.17, 15) is 14.7 Å². The SMILES string of the molecule is CC(C)NC(=O)CN(C)C(=O)c1ccc(Cl)cc1O. The Bertz CT molecular complexity index is 489. The normalized spacial score (nSPS) is 10.4. The number of hydrogen-bond donors (Lipinski definition) is 2. The van der Waals surface area contributed by atoms with Gasteiger partial charge in [-0.25, -0.2) is 0 Å². The van der Waals surface area contributed by atoms with Crippen LogP contribution < -0.4 is 5.32 Å². The van der Waals surface area contributed by atoms with E-state index in [1.165, 1.54) is 30.1 Å². The van der Waals surface area contributed by atoms with Gasteiger partial charge in [0, 0.05) is 18.1 Å². The summed E-state index contributed by atoms with van der Waals surface area (Å²) in [5.74, 6) is -0.888. The van der Waals surface area contributed by atoms with Gasteiger partial charge in [0.1, 0.15) is 5.75 Å². The van der Waals surface area contributed by atoms with Crippen molar-refractivity contribution in [2.45, 2.75) is 19.9 Å². The monoisotopic (exact) mass is 284 g/mol. The molecule has 0 saturated heterocycles. The predicted octanol–water partition coefficient (Wildman–Crippen LogP) is 1.64. The van der Waals surface area contributed by atoms with Crippen molar-refractivity contribution in [2.75, 3.05) is 13.6 Å². The second-order valence-electron chi connectivity index (χ2n) is 4.54. The van der Waals surface area contributed by atoms with E-state index in [4.69, 9.17) is 11.6 Å². The van der Waals surface area contributed by atoms with Crippen LogP contribution in [0, 0.1) is 0 Å². The number of phenols is 1. The summed E-state index contributed by atoms with van der Waals surface area (Å²) in [4.78, 5) is 24.8. The summed E-state index contributed by atoms with van der Waals surface area (Å²) in [5.41, 5.74) is 0.115. The Kier molecular flexibility index (Phi) is 5.18. The number of benzene rings is 1. The van der Waals surface area contributed by atoms with Crippen LogP contribution in [0.3, 0.4) is 0 Å². The first-order chi connectivity index (χ1) is 8.81. The second-order valence-corrected chi connectivity index (χ2v) is 4.98. The highest BCUT2D eigenvalue weighted by atomic mass is 35.5. The van der Waals surface area contributed by atoms with Crippen LogP contribution in [0.2, 0.25) is 5.02 Å². The Morgan fingerprint density at radius 1 is 1.42 bits per heavy atom. The predicted molar refractivity (Wildman–Crippen MR) is 73.4 cm³/mol. The lowest BCUT2D eigenvalue weighted by molar-refractivity contribution is -0.122. The first-order valence-electron chi connectivity index (χ1n) is 5.84. The summed E-state index contributed by atoms with van der Waals surface area (Å²) in [5, 5.41) is 12.7. The molecule has 1 rings (SSSR count). The van der Waals surface area contributed by atoms with Gasteiger partial charge in [0.15, 0.2) is 0 Å². The fourth-order valence-electron chi connectivity index (χ4n) is 1.55. The molecular formula is C13H17ClN2O3. The number of nitrogens with zero attached hydrogens (tertiary/aromatic N) is 1. The third-order valence-electron chi connectivity index (χ3n) is 2.37. The zero-order chi connectivity index (χ0) is 14.6. The maximum atomic E-state index is 12.0. The molecule has 0 aliphatic carbocycles. The highest BCUT2D eigenvalue weighted by Gasteiger charge is 2.18. The average molecular weight is 285 g/mol. The van der Waals surface area contributed by atoms with Crippen LogP contribution in [0.5, 0.6) is 5.75 Å². The molecule has 6 heteroatoms. The molecule has 1 aromatic carbocycles. The molecule has 0 radical (unpaired) electrons. The van der Waals surface area contributed by atoms with Crippen LogP contribution >= 0.6 is 11.6 Å². The van der Waals surface area contributed by atoms with Gasteiger partial charge in [-0.1, -0.05) is 11.6 Å². The van der Waals surface area contributed by atoms with E-state index in [1.54, 1.807) is 0 Å². The van der Waals surface area contributed by atoms with Gasteiger partial charge in [0.25, 0.3) is 5.91 Å². The molecular weight excluding hydrogens is 268 g/mol. The maximum absolute atomic E-state index is 12.0. The summed E-state index contributed by atoms with van der Waals surface area (Å²) in [6.45, 7) is 3.61. The molecule has 0 fully saturated rings. The number of carbonyl (C=O) groups excluding carboxylic acids is 2. The Morgan fingerprint density at radius 3 is 2.58 bits per heavy atom. The molecule has 0 heterocycles. The highest BCUT2D eigenvalue weighted by molar-refractivity contribution is 6.30. The largest absolute Gasteiger partial charge is 0.507 e. The summed E-state index contributed by atoms with van der Waals surface area (Å²) in [7, 11) is 1.50. The minimum atomic E-state index is -0.437. The number of nitrogens with one attached hydrogen (secondary N) is 1. The molecule has 0 aliphatic rings. The van der Waals surface area contributed by atoms with Gasteiger partial charge in [0.05, 0.1) is 12.1 Å². The van der Waals surface area contributed by atoms with Crippen molar-refractivity contribution >= 4 is 23.4 Å². The van der Waals surface area contributed by atoms with Crippen LogP contribution in [-0.2, 0) is 4.79 Å². The van der Waals surface area contributed by atoms with Crippen molar-refractivity contribution in [1.29, 1.82) is 0 Å². The summed E-state index contributed by atoms with van der Waals surface area (Å²) >= 11 is 5.69. The number of rotatable bonds is 4. The lowest BCUT2D eigenvalue weighted by Crippen LogP contribution is -2.40. The lowest BCUT2D eigenvalue weighted by atomic mass is 10.2. The van der Waals surface area contributed by atoms with Gasteiger partial charge in [0.2, 0.25) is 5.91 Å². The Balaban J connectivity index is 2.74. The fraction of sp³-hybridized carbons (Fsp3) is 0.385. The van der Waals surface area contributed by atoms with Crippen LogP contribution in [0.1, 0.15) is 24.2 Å². The smallest absolute Gasteiger partial charge is 0.257 e. The third-order valence-corrected chi connectivity index (χ3v) is 2.60. The molecule has 0 atom stereocenters. The van der Waals surface area contributed by atoms with Gasteiger partial charge in [-0.2, -0.15) is 0 Å². The van der Waals surface area contributed by atoms with E-state index >= 15 is 0 Å². The van der Waals surface area contributed by atoms with Crippen molar-refractivity contribution in [2.24, 2.45) is 0 Å². The van der Waals surface area contributed by atoms with Crippen molar-refractivity contribution in [3.8, 4) is 5.75 Å². The summed E-state index contributed by atoms with van der Waals surface area (Å²) in [6.07, 6.45) is 0. The van der Waals surface area contributed by atoms with Gasteiger partial charge >= 0.3 is 0 Å². The number of amides is 2. The van der Waals surface area contributed by atoms with Gasteiger partial charge in [-0.05, 0) is 32.0 Å². The number of aromatic hydroxyl groups is 1. The molecule has 104 valence electrons. The molecule has 1 aromatic rings. The summed E-state index contributed by atoms with van der Waals surface area (Å²) in [6, 6.07) is 4.24. The summed E-state index contributed by atoms with van der Waals surface area (Å²) < 4.78 is 0. The zero-order valence-electron chi connectivity index (χ0n) is 11.1. The van der Waals surface area contributed by atoms with E-state index in [2.05, 4.69) is 5.32 Å². The van der Waals surface area contributed by atoms with Crippen LogP contribution in [0.25, 0.3) is 0 Å². The minimum Gasteiger partial charge on any atom is -0.507 e. The Hall–Kier alpha value is -1.75. The van der Waals surface area contributed by atoms with E-state index < -0.39 is 5.91 Å². The Morgan fingerprint density at radius 2 is 2.05 bits per heavy atom. The molecule has 0 aromatic heterocycles. The quantitative estimate of drug-likeness (QED) is 0.883. The topological polar surface area (TPSA) is 69.6 Å². The van der Waals surface area contributed by atoms with Gasteiger partial charge in [-0.3, -0.25) is 9.59 Å². The standard InChI is InChI=1S/C13H17ClN2O3/c1-8(2)15-12(18)7-16(3)13(19)10-5-4-9(14)6-11(10)17/h4-6,8,17H,7H2,1-3H3,(H,15,18). The van der Waals surface area contributed by atoms with Gasteiger partial charge in [-0.15, -0.1) is 0 Å². The van der Waals surface area contributed by atoms with Gasteiger partial charge < -0.3 is 15.3 Å². The minimum absolute atomic E-state index is 0.0138. The average Bonchev–Trinajstić information content (AvgIpc) is 2.26. The van der Waals surface area contributed by atoms with Crippen LogP contribution in [0.15, 0.2) is 18.2 Å². The Labute approximate surface area is 117 Å². The van der Waals surface area contributed by atoms with E-state index in [1.807, 2.05) is 13.8 Å². The second kappa shape index (κ2) is 6.43. The number of halogens is 1. The van der Waals surface area contributed by atoms with E-state index in [-0.39, 0.29) is 29.8 Å². The van der Waals surface area contributed by atoms with Crippen LogP contribution in [0.4, 0.5) is 0 Å². The fourth-order valence-corrected chi connectivity index (χ4v) is 1.71. The highest BCUT2D eigenvalue weighted by Crippen LogP contribution is 2.22. The molecule has 2 amide bonds.